The molecule has 2 N–H and O–H groups in total. The summed E-state index contributed by atoms with van der Waals surface area (Å²) in [6.45, 7) is 0.969. The number of hydrogen-bond acceptors (Lipinski definition) is 7. The van der Waals surface area contributed by atoms with Gasteiger partial charge in [-0.05, 0) is 25.0 Å². The quantitative estimate of drug-likeness (QED) is 0.568. The Morgan fingerprint density at radius 3 is 2.94 bits per heavy atom. The number of ether oxygens (including phenoxy) is 1. The van der Waals surface area contributed by atoms with Gasteiger partial charge in [0.1, 0.15) is 17.3 Å². The van der Waals surface area contributed by atoms with E-state index in [1.54, 1.807) is 18.2 Å². The SMILES string of the molecule is COc1ccccc1Cc1cnc([C@@H]2CCCN(C(=O)CNC(=O)c3cncc(O)c3)C2)o1. The number of likely N-dealkylation sites (tertiary alicyclic amines) is 1. The topological polar surface area (TPSA) is 118 Å². The molecule has 0 bridgehead atoms. The standard InChI is InChI=1S/C24H26N4O5/c1-32-21-7-3-2-5-16(21)10-20-13-27-24(33-20)17-6-4-8-28(15-17)22(30)14-26-23(31)18-9-19(29)12-25-11-18/h2-3,5,7,9,11-13,17,29H,4,6,8,10,14-15H2,1H3,(H,26,31)/t17-/m1/s1. The van der Waals surface area contributed by atoms with Crippen LogP contribution in [0.4, 0.5) is 0 Å². The molecule has 3 aromatic rings. The number of oxazole rings is 1. The third-order valence-corrected chi connectivity index (χ3v) is 5.64. The van der Waals surface area contributed by atoms with Crippen molar-refractivity contribution >= 4 is 11.8 Å². The molecule has 9 nitrogen and oxygen atoms in total. The summed E-state index contributed by atoms with van der Waals surface area (Å²) >= 11 is 0. The second-order valence-electron chi connectivity index (χ2n) is 7.95. The summed E-state index contributed by atoms with van der Waals surface area (Å²) in [5, 5.41) is 12.0. The molecule has 9 heteroatoms. The summed E-state index contributed by atoms with van der Waals surface area (Å²) in [6, 6.07) is 9.07. The van der Waals surface area contributed by atoms with Crippen molar-refractivity contribution < 1.29 is 23.8 Å². The van der Waals surface area contributed by atoms with E-state index in [4.69, 9.17) is 9.15 Å². The van der Waals surface area contributed by atoms with Gasteiger partial charge >= 0.3 is 0 Å². The van der Waals surface area contributed by atoms with Crippen molar-refractivity contribution in [3.63, 3.8) is 0 Å². The third-order valence-electron chi connectivity index (χ3n) is 5.64. The molecule has 172 valence electrons. The zero-order valence-electron chi connectivity index (χ0n) is 18.4. The van der Waals surface area contributed by atoms with Crippen molar-refractivity contribution in [3.8, 4) is 11.5 Å². The number of pyridine rings is 1. The number of aromatic hydroxyl groups is 1. The normalized spacial score (nSPS) is 15.8. The predicted molar refractivity (Wildman–Crippen MR) is 119 cm³/mol. The lowest BCUT2D eigenvalue weighted by Gasteiger charge is -2.31. The average molecular weight is 450 g/mol. The van der Waals surface area contributed by atoms with Crippen LogP contribution in [0, 0.1) is 0 Å². The summed E-state index contributed by atoms with van der Waals surface area (Å²) in [5.74, 6) is 1.41. The predicted octanol–water partition coefficient (Wildman–Crippen LogP) is 2.51. The van der Waals surface area contributed by atoms with Gasteiger partial charge in [-0.15, -0.1) is 0 Å². The number of rotatable bonds is 7. The number of para-hydroxylation sites is 1. The van der Waals surface area contributed by atoms with Crippen LogP contribution in [-0.4, -0.2) is 58.5 Å². The van der Waals surface area contributed by atoms with E-state index in [1.165, 1.54) is 18.5 Å². The number of nitrogens with zero attached hydrogens (tertiary/aromatic N) is 3. The van der Waals surface area contributed by atoms with Gasteiger partial charge < -0.3 is 24.5 Å². The number of hydrogen-bond donors (Lipinski definition) is 2. The molecule has 4 rings (SSSR count). The van der Waals surface area contributed by atoms with E-state index in [1.807, 2.05) is 24.3 Å². The number of methoxy groups -OCH3 is 1. The second kappa shape index (κ2) is 10.2. The Hall–Kier alpha value is -3.88. The fourth-order valence-electron chi connectivity index (χ4n) is 3.96. The molecule has 1 aliphatic rings. The summed E-state index contributed by atoms with van der Waals surface area (Å²) in [7, 11) is 1.64. The van der Waals surface area contributed by atoms with Crippen molar-refractivity contribution in [2.75, 3.05) is 26.7 Å². The van der Waals surface area contributed by atoms with Gasteiger partial charge in [0.15, 0.2) is 5.89 Å². The molecule has 0 spiro atoms. The Balaban J connectivity index is 1.33. The molecule has 0 unspecified atom stereocenters. The first-order valence-electron chi connectivity index (χ1n) is 10.8. The highest BCUT2D eigenvalue weighted by Crippen LogP contribution is 2.28. The number of carbonyl (C=O) groups is 2. The van der Waals surface area contributed by atoms with Crippen molar-refractivity contribution in [1.82, 2.24) is 20.2 Å². The van der Waals surface area contributed by atoms with E-state index in [2.05, 4.69) is 15.3 Å². The summed E-state index contributed by atoms with van der Waals surface area (Å²) < 4.78 is 11.4. The largest absolute Gasteiger partial charge is 0.506 e. The van der Waals surface area contributed by atoms with E-state index >= 15 is 0 Å². The van der Waals surface area contributed by atoms with Crippen molar-refractivity contribution in [2.45, 2.75) is 25.2 Å². The highest BCUT2D eigenvalue weighted by atomic mass is 16.5. The van der Waals surface area contributed by atoms with E-state index in [9.17, 15) is 14.7 Å². The Bertz CT molecular complexity index is 1130. The molecule has 1 aromatic carbocycles. The summed E-state index contributed by atoms with van der Waals surface area (Å²) in [6.07, 6.45) is 6.57. The molecule has 1 saturated heterocycles. The van der Waals surface area contributed by atoms with Gasteiger partial charge in [0.05, 0.1) is 37.5 Å². The van der Waals surface area contributed by atoms with E-state index in [-0.39, 0.29) is 29.7 Å². The van der Waals surface area contributed by atoms with Gasteiger partial charge in [-0.1, -0.05) is 18.2 Å². The van der Waals surface area contributed by atoms with Crippen LogP contribution in [0.5, 0.6) is 11.5 Å². The fourth-order valence-corrected chi connectivity index (χ4v) is 3.96. The lowest BCUT2D eigenvalue weighted by Crippen LogP contribution is -2.44. The molecule has 0 aliphatic carbocycles. The molecule has 0 saturated carbocycles. The minimum absolute atomic E-state index is 0.0000842. The molecule has 1 aliphatic heterocycles. The highest BCUT2D eigenvalue weighted by Gasteiger charge is 2.28. The lowest BCUT2D eigenvalue weighted by atomic mass is 9.98. The zero-order valence-corrected chi connectivity index (χ0v) is 18.4. The van der Waals surface area contributed by atoms with Crippen LogP contribution < -0.4 is 10.1 Å². The smallest absolute Gasteiger partial charge is 0.253 e. The Kier molecular flexibility index (Phi) is 6.87. The maximum atomic E-state index is 12.7. The summed E-state index contributed by atoms with van der Waals surface area (Å²) in [5.41, 5.74) is 1.21. The number of benzene rings is 1. The van der Waals surface area contributed by atoms with Gasteiger partial charge in [0.25, 0.3) is 5.91 Å². The van der Waals surface area contributed by atoms with Crippen molar-refractivity contribution in [1.29, 1.82) is 0 Å². The molecule has 2 aromatic heterocycles. The number of piperidine rings is 1. The first-order chi connectivity index (χ1) is 16.0. The summed E-state index contributed by atoms with van der Waals surface area (Å²) in [4.78, 5) is 34.8. The van der Waals surface area contributed by atoms with Gasteiger partial charge in [-0.2, -0.15) is 0 Å². The highest BCUT2D eigenvalue weighted by molar-refractivity contribution is 5.96. The molecule has 0 radical (unpaired) electrons. The third kappa shape index (κ3) is 5.49. The van der Waals surface area contributed by atoms with Crippen molar-refractivity contribution in [2.24, 2.45) is 0 Å². The number of nitrogens with one attached hydrogen (secondary N) is 1. The number of carbonyl (C=O) groups excluding carboxylic acids is 2. The van der Waals surface area contributed by atoms with Crippen LogP contribution in [0.2, 0.25) is 0 Å². The first-order valence-corrected chi connectivity index (χ1v) is 10.8. The minimum Gasteiger partial charge on any atom is -0.506 e. The Labute approximate surface area is 191 Å². The fraction of sp³-hybridized carbons (Fsp3) is 0.333. The number of aromatic nitrogens is 2. The van der Waals surface area contributed by atoms with Gasteiger partial charge in [0, 0.05) is 31.3 Å². The van der Waals surface area contributed by atoms with Gasteiger partial charge in [-0.25, -0.2) is 4.98 Å². The molecule has 33 heavy (non-hydrogen) atoms. The number of amides is 2. The average Bonchev–Trinajstić information content (AvgIpc) is 3.31. The molecule has 1 fully saturated rings. The van der Waals surface area contributed by atoms with Crippen LogP contribution in [0.1, 0.15) is 46.3 Å². The molecular weight excluding hydrogens is 424 g/mol. The van der Waals surface area contributed by atoms with E-state index in [0.29, 0.717) is 25.4 Å². The van der Waals surface area contributed by atoms with Crippen molar-refractivity contribution in [3.05, 3.63) is 71.7 Å². The first kappa shape index (κ1) is 22.3. The second-order valence-corrected chi connectivity index (χ2v) is 7.95. The molecular formula is C24H26N4O5. The maximum absolute atomic E-state index is 12.7. The van der Waals surface area contributed by atoms with E-state index in [0.717, 1.165) is 29.9 Å². The Morgan fingerprint density at radius 1 is 1.27 bits per heavy atom. The molecule has 3 heterocycles. The zero-order chi connectivity index (χ0) is 23.2. The monoisotopic (exact) mass is 450 g/mol. The maximum Gasteiger partial charge on any atom is 0.253 e. The molecule has 1 atom stereocenters. The van der Waals surface area contributed by atoms with Crippen LogP contribution in [-0.2, 0) is 11.2 Å². The lowest BCUT2D eigenvalue weighted by molar-refractivity contribution is -0.131. The van der Waals surface area contributed by atoms with Gasteiger partial charge in [-0.3, -0.25) is 14.6 Å². The Morgan fingerprint density at radius 2 is 2.12 bits per heavy atom. The molecule has 2 amide bonds. The minimum atomic E-state index is -0.464. The van der Waals surface area contributed by atoms with Crippen LogP contribution in [0.15, 0.2) is 53.3 Å². The van der Waals surface area contributed by atoms with Crippen LogP contribution >= 0.6 is 0 Å². The van der Waals surface area contributed by atoms with E-state index < -0.39 is 5.91 Å². The van der Waals surface area contributed by atoms with Crippen LogP contribution in [0.3, 0.4) is 0 Å². The van der Waals surface area contributed by atoms with Crippen LogP contribution in [0.25, 0.3) is 0 Å². The van der Waals surface area contributed by atoms with Gasteiger partial charge in [0.2, 0.25) is 5.91 Å².